The summed E-state index contributed by atoms with van der Waals surface area (Å²) in [6, 6.07) is 4.28. The van der Waals surface area contributed by atoms with E-state index in [-0.39, 0.29) is 0 Å². The number of ether oxygens (including phenoxy) is 2. The molecular weight excluding hydrogens is 276 g/mol. The zero-order valence-electron chi connectivity index (χ0n) is 14.2. The van der Waals surface area contributed by atoms with Gasteiger partial charge in [0.25, 0.3) is 0 Å². The van der Waals surface area contributed by atoms with Gasteiger partial charge < -0.3 is 14.6 Å². The molecule has 0 bridgehead atoms. The second-order valence-electron chi connectivity index (χ2n) is 6.42. The molecule has 124 valence electrons. The zero-order chi connectivity index (χ0) is 15.9. The molecule has 1 fully saturated rings. The van der Waals surface area contributed by atoms with Crippen LogP contribution in [0.3, 0.4) is 0 Å². The molecule has 2 rings (SSSR count). The maximum absolute atomic E-state index is 10.4. The fraction of sp³-hybridized carbons (Fsp3) is 0.684. The van der Waals surface area contributed by atoms with E-state index < -0.39 is 0 Å². The molecule has 0 aliphatic heterocycles. The molecule has 1 aliphatic rings. The summed E-state index contributed by atoms with van der Waals surface area (Å²) in [6.45, 7) is 8.55. The van der Waals surface area contributed by atoms with Gasteiger partial charge in [-0.1, -0.05) is 19.8 Å². The van der Waals surface area contributed by atoms with E-state index in [0.29, 0.717) is 38.1 Å². The van der Waals surface area contributed by atoms with Gasteiger partial charge >= 0.3 is 0 Å². The van der Waals surface area contributed by atoms with Crippen molar-refractivity contribution in [2.24, 2.45) is 5.92 Å². The van der Waals surface area contributed by atoms with Gasteiger partial charge in [-0.2, -0.15) is 0 Å². The van der Waals surface area contributed by atoms with Crippen molar-refractivity contribution in [2.45, 2.75) is 65.6 Å². The molecule has 1 aromatic rings. The molecule has 1 aliphatic carbocycles. The quantitative estimate of drug-likeness (QED) is 0.789. The highest BCUT2D eigenvalue weighted by atomic mass is 16.5. The molecule has 0 unspecified atom stereocenters. The summed E-state index contributed by atoms with van der Waals surface area (Å²) in [6.07, 6.45) is 5.09. The molecule has 0 heterocycles. The molecule has 3 heteroatoms. The van der Waals surface area contributed by atoms with Crippen LogP contribution in [0.5, 0.6) is 5.75 Å². The van der Waals surface area contributed by atoms with Gasteiger partial charge in [-0.3, -0.25) is 0 Å². The van der Waals surface area contributed by atoms with Crippen LogP contribution in [0.1, 0.15) is 69.1 Å². The Kier molecular flexibility index (Phi) is 6.71. The smallest absolute Gasteiger partial charge is 0.126 e. The summed E-state index contributed by atoms with van der Waals surface area (Å²) in [4.78, 5) is 0. The zero-order valence-corrected chi connectivity index (χ0v) is 14.2. The van der Waals surface area contributed by atoms with Crippen LogP contribution in [0.25, 0.3) is 0 Å². The Morgan fingerprint density at radius 3 is 1.91 bits per heavy atom. The monoisotopic (exact) mass is 306 g/mol. The third-order valence-corrected chi connectivity index (χ3v) is 4.70. The Bertz CT molecular complexity index is 433. The summed E-state index contributed by atoms with van der Waals surface area (Å²) >= 11 is 0. The third-order valence-electron chi connectivity index (χ3n) is 4.70. The second-order valence-corrected chi connectivity index (χ2v) is 6.42. The van der Waals surface area contributed by atoms with Gasteiger partial charge in [0.15, 0.2) is 0 Å². The fourth-order valence-corrected chi connectivity index (χ4v) is 3.26. The van der Waals surface area contributed by atoms with Gasteiger partial charge in [0.1, 0.15) is 5.75 Å². The number of phenolic OH excluding ortho intramolecular Hbond substituents is 1. The van der Waals surface area contributed by atoms with Crippen LogP contribution in [0.4, 0.5) is 0 Å². The van der Waals surface area contributed by atoms with Crippen molar-refractivity contribution in [2.75, 3.05) is 13.2 Å². The lowest BCUT2D eigenvalue weighted by Crippen LogP contribution is -2.12. The van der Waals surface area contributed by atoms with Crippen LogP contribution in [-0.2, 0) is 22.7 Å². The standard InChI is InChI=1S/C19H30O3/c1-4-21-12-17-10-16(15-8-6-14(3)7-9-15)11-18(19(17)20)13-22-5-2/h10-11,14-15,20H,4-9,12-13H2,1-3H3. The first kappa shape index (κ1) is 17.3. The Morgan fingerprint density at radius 2 is 1.45 bits per heavy atom. The van der Waals surface area contributed by atoms with Crippen molar-refractivity contribution in [3.05, 3.63) is 28.8 Å². The molecule has 1 saturated carbocycles. The molecule has 0 saturated heterocycles. The normalized spacial score (nSPS) is 22.0. The molecule has 0 aromatic heterocycles. The lowest BCUT2D eigenvalue weighted by Gasteiger charge is -2.27. The van der Waals surface area contributed by atoms with E-state index in [1.165, 1.54) is 31.2 Å². The highest BCUT2D eigenvalue weighted by Gasteiger charge is 2.22. The third kappa shape index (κ3) is 4.47. The minimum atomic E-state index is 0.342. The highest BCUT2D eigenvalue weighted by molar-refractivity contribution is 5.44. The fourth-order valence-electron chi connectivity index (χ4n) is 3.26. The van der Waals surface area contributed by atoms with Gasteiger partial charge in [0.05, 0.1) is 13.2 Å². The average molecular weight is 306 g/mol. The minimum Gasteiger partial charge on any atom is -0.507 e. The molecule has 1 N–H and O–H groups in total. The van der Waals surface area contributed by atoms with Crippen LogP contribution in [-0.4, -0.2) is 18.3 Å². The lowest BCUT2D eigenvalue weighted by molar-refractivity contribution is 0.126. The van der Waals surface area contributed by atoms with E-state index in [4.69, 9.17) is 9.47 Å². The first-order valence-electron chi connectivity index (χ1n) is 8.65. The number of hydrogen-bond donors (Lipinski definition) is 1. The van der Waals surface area contributed by atoms with E-state index in [9.17, 15) is 5.11 Å². The number of hydrogen-bond acceptors (Lipinski definition) is 3. The topological polar surface area (TPSA) is 38.7 Å². The first-order valence-corrected chi connectivity index (χ1v) is 8.65. The Labute approximate surface area is 134 Å². The van der Waals surface area contributed by atoms with Crippen molar-refractivity contribution in [1.82, 2.24) is 0 Å². The molecule has 22 heavy (non-hydrogen) atoms. The predicted octanol–water partition coefficient (Wildman–Crippen LogP) is 4.76. The van der Waals surface area contributed by atoms with Crippen LogP contribution < -0.4 is 0 Å². The molecule has 0 radical (unpaired) electrons. The summed E-state index contributed by atoms with van der Waals surface area (Å²) in [5.74, 6) is 1.80. The van der Waals surface area contributed by atoms with Crippen LogP contribution in [0.15, 0.2) is 12.1 Å². The minimum absolute atomic E-state index is 0.342. The van der Waals surface area contributed by atoms with E-state index in [0.717, 1.165) is 17.0 Å². The summed E-state index contributed by atoms with van der Waals surface area (Å²) < 4.78 is 11.0. The largest absolute Gasteiger partial charge is 0.507 e. The van der Waals surface area contributed by atoms with E-state index in [1.807, 2.05) is 13.8 Å². The van der Waals surface area contributed by atoms with Gasteiger partial charge in [-0.15, -0.1) is 0 Å². The highest BCUT2D eigenvalue weighted by Crippen LogP contribution is 2.38. The number of aromatic hydroxyl groups is 1. The Hall–Kier alpha value is -1.06. The Morgan fingerprint density at radius 1 is 0.955 bits per heavy atom. The number of benzene rings is 1. The van der Waals surface area contributed by atoms with Crippen molar-refractivity contribution >= 4 is 0 Å². The van der Waals surface area contributed by atoms with Crippen LogP contribution >= 0.6 is 0 Å². The molecule has 0 atom stereocenters. The number of phenols is 1. The van der Waals surface area contributed by atoms with Crippen LogP contribution in [0.2, 0.25) is 0 Å². The van der Waals surface area contributed by atoms with Gasteiger partial charge in [-0.05, 0) is 56.2 Å². The maximum Gasteiger partial charge on any atom is 0.126 e. The SMILES string of the molecule is CCOCc1cc(C2CCC(C)CC2)cc(COCC)c1O. The van der Waals surface area contributed by atoms with Crippen molar-refractivity contribution in [3.8, 4) is 5.75 Å². The van der Waals surface area contributed by atoms with Crippen molar-refractivity contribution < 1.29 is 14.6 Å². The van der Waals surface area contributed by atoms with E-state index in [2.05, 4.69) is 19.1 Å². The van der Waals surface area contributed by atoms with Crippen LogP contribution in [0, 0.1) is 5.92 Å². The van der Waals surface area contributed by atoms with Crippen molar-refractivity contribution in [3.63, 3.8) is 0 Å². The molecule has 0 amide bonds. The van der Waals surface area contributed by atoms with Gasteiger partial charge in [0.2, 0.25) is 0 Å². The molecule has 3 nitrogen and oxygen atoms in total. The lowest BCUT2D eigenvalue weighted by atomic mass is 9.79. The maximum atomic E-state index is 10.4. The molecule has 0 spiro atoms. The Balaban J connectivity index is 2.23. The second kappa shape index (κ2) is 8.54. The molecular formula is C19H30O3. The summed E-state index contributed by atoms with van der Waals surface area (Å²) in [5.41, 5.74) is 3.13. The average Bonchev–Trinajstić information content (AvgIpc) is 2.53. The molecule has 1 aromatic carbocycles. The first-order chi connectivity index (χ1) is 10.7. The number of rotatable bonds is 7. The summed E-state index contributed by atoms with van der Waals surface area (Å²) in [7, 11) is 0. The van der Waals surface area contributed by atoms with E-state index in [1.54, 1.807) is 0 Å². The van der Waals surface area contributed by atoms with E-state index >= 15 is 0 Å². The van der Waals surface area contributed by atoms with Gasteiger partial charge in [0, 0.05) is 24.3 Å². The van der Waals surface area contributed by atoms with Crippen molar-refractivity contribution in [1.29, 1.82) is 0 Å². The summed E-state index contributed by atoms with van der Waals surface area (Å²) in [5, 5.41) is 10.4. The van der Waals surface area contributed by atoms with Gasteiger partial charge in [-0.25, -0.2) is 0 Å². The predicted molar refractivity (Wildman–Crippen MR) is 89.1 cm³/mol.